The lowest BCUT2D eigenvalue weighted by Gasteiger charge is -2.34. The van der Waals surface area contributed by atoms with Gasteiger partial charge in [0.25, 0.3) is 0 Å². The molecule has 0 bridgehead atoms. The van der Waals surface area contributed by atoms with Crippen molar-refractivity contribution in [1.82, 2.24) is 4.98 Å². The molecule has 1 saturated heterocycles. The van der Waals surface area contributed by atoms with E-state index >= 15 is 0 Å². The number of hydrogen-bond donors (Lipinski definition) is 1. The van der Waals surface area contributed by atoms with Gasteiger partial charge < -0.3 is 10.0 Å². The summed E-state index contributed by atoms with van der Waals surface area (Å²) in [6, 6.07) is 1.25. The molecule has 0 aromatic carbocycles. The fourth-order valence-electron chi connectivity index (χ4n) is 2.20. The maximum absolute atomic E-state index is 12.6. The van der Waals surface area contributed by atoms with Crippen LogP contribution in [0, 0.1) is 5.92 Å². The molecule has 1 aromatic rings. The van der Waals surface area contributed by atoms with Gasteiger partial charge in [0.2, 0.25) is 0 Å². The van der Waals surface area contributed by atoms with Crippen LogP contribution in [0.1, 0.15) is 23.2 Å². The quantitative estimate of drug-likeness (QED) is 0.911. The Balaban J connectivity index is 2.09. The van der Waals surface area contributed by atoms with E-state index in [0.717, 1.165) is 6.20 Å². The van der Waals surface area contributed by atoms with E-state index in [2.05, 4.69) is 4.98 Å². The molecule has 1 aliphatic rings. The summed E-state index contributed by atoms with van der Waals surface area (Å²) >= 11 is 5.94. The summed E-state index contributed by atoms with van der Waals surface area (Å²) < 4.78 is 37.7. The Morgan fingerprint density at radius 1 is 1.40 bits per heavy atom. The van der Waals surface area contributed by atoms with Gasteiger partial charge >= 0.3 is 12.1 Å². The molecule has 2 heterocycles. The number of pyridine rings is 1. The van der Waals surface area contributed by atoms with Gasteiger partial charge in [-0.15, -0.1) is 0 Å². The number of carboxylic acids is 1. The van der Waals surface area contributed by atoms with Crippen LogP contribution >= 0.6 is 11.6 Å². The molecule has 1 aliphatic heterocycles. The predicted molar refractivity (Wildman–Crippen MR) is 67.2 cm³/mol. The van der Waals surface area contributed by atoms with E-state index in [1.807, 2.05) is 0 Å². The molecule has 8 heteroatoms. The van der Waals surface area contributed by atoms with Gasteiger partial charge in [0, 0.05) is 19.3 Å². The topological polar surface area (TPSA) is 53.4 Å². The number of aromatic carboxylic acids is 1. The van der Waals surface area contributed by atoms with Crippen molar-refractivity contribution in [2.24, 2.45) is 5.92 Å². The number of alkyl halides is 3. The van der Waals surface area contributed by atoms with Crippen LogP contribution in [0.2, 0.25) is 5.02 Å². The molecule has 1 N–H and O–H groups in total. The van der Waals surface area contributed by atoms with Gasteiger partial charge in [0.05, 0.1) is 16.5 Å². The SMILES string of the molecule is O=C(O)c1cnc(N2CCC(C(F)(F)F)CC2)c(Cl)c1. The van der Waals surface area contributed by atoms with Crippen LogP contribution < -0.4 is 4.90 Å². The van der Waals surface area contributed by atoms with Crippen molar-refractivity contribution in [3.05, 3.63) is 22.8 Å². The first-order chi connectivity index (χ1) is 9.29. The van der Waals surface area contributed by atoms with Crippen molar-refractivity contribution in [2.45, 2.75) is 19.0 Å². The first-order valence-electron chi connectivity index (χ1n) is 5.99. The minimum absolute atomic E-state index is 0.0117. The number of anilines is 1. The zero-order valence-electron chi connectivity index (χ0n) is 10.3. The lowest BCUT2D eigenvalue weighted by molar-refractivity contribution is -0.179. The highest BCUT2D eigenvalue weighted by Gasteiger charge is 2.41. The second kappa shape index (κ2) is 5.47. The highest BCUT2D eigenvalue weighted by atomic mass is 35.5. The standard InChI is InChI=1S/C12H12ClF3N2O2/c13-9-5-7(11(19)20)6-17-10(9)18-3-1-8(2-4-18)12(14,15)16/h5-6,8H,1-4H2,(H,19,20). The van der Waals surface area contributed by atoms with Crippen molar-refractivity contribution in [3.63, 3.8) is 0 Å². The molecule has 0 spiro atoms. The van der Waals surface area contributed by atoms with E-state index < -0.39 is 18.1 Å². The van der Waals surface area contributed by atoms with Crippen molar-refractivity contribution >= 4 is 23.4 Å². The number of aromatic nitrogens is 1. The number of carboxylic acid groups (broad SMARTS) is 1. The van der Waals surface area contributed by atoms with E-state index in [4.69, 9.17) is 16.7 Å². The number of rotatable bonds is 2. The molecule has 110 valence electrons. The number of piperidine rings is 1. The molecular formula is C12H12ClF3N2O2. The zero-order chi connectivity index (χ0) is 14.9. The molecule has 1 fully saturated rings. The number of hydrogen-bond acceptors (Lipinski definition) is 3. The second-order valence-electron chi connectivity index (χ2n) is 4.64. The van der Waals surface area contributed by atoms with E-state index in [1.165, 1.54) is 6.07 Å². The predicted octanol–water partition coefficient (Wildman–Crippen LogP) is 3.21. The molecule has 0 saturated carbocycles. The van der Waals surface area contributed by atoms with E-state index in [9.17, 15) is 18.0 Å². The van der Waals surface area contributed by atoms with Gasteiger partial charge in [-0.2, -0.15) is 13.2 Å². The Morgan fingerprint density at radius 3 is 2.45 bits per heavy atom. The van der Waals surface area contributed by atoms with Crippen LogP contribution in [0.4, 0.5) is 19.0 Å². The molecule has 0 radical (unpaired) electrons. The van der Waals surface area contributed by atoms with E-state index in [1.54, 1.807) is 4.90 Å². The third-order valence-corrected chi connectivity index (χ3v) is 3.60. The van der Waals surface area contributed by atoms with Crippen LogP contribution in [0.15, 0.2) is 12.3 Å². The molecule has 0 unspecified atom stereocenters. The van der Waals surface area contributed by atoms with Crippen molar-refractivity contribution in [2.75, 3.05) is 18.0 Å². The molecule has 1 aromatic heterocycles. The zero-order valence-corrected chi connectivity index (χ0v) is 11.1. The summed E-state index contributed by atoms with van der Waals surface area (Å²) in [6.45, 7) is 0.395. The molecule has 0 atom stereocenters. The van der Waals surface area contributed by atoms with Crippen LogP contribution in [0.5, 0.6) is 0 Å². The molecule has 0 amide bonds. The van der Waals surface area contributed by atoms with Crippen LogP contribution in [0.25, 0.3) is 0 Å². The number of nitrogens with zero attached hydrogens (tertiary/aromatic N) is 2. The van der Waals surface area contributed by atoms with Crippen LogP contribution in [-0.4, -0.2) is 35.3 Å². The summed E-state index contributed by atoms with van der Waals surface area (Å²) in [6.07, 6.45) is -3.04. The Bertz CT molecular complexity index is 514. The average Bonchev–Trinajstić information content (AvgIpc) is 2.37. The maximum atomic E-state index is 12.6. The summed E-state index contributed by atoms with van der Waals surface area (Å²) in [4.78, 5) is 16.3. The summed E-state index contributed by atoms with van der Waals surface area (Å²) in [7, 11) is 0. The maximum Gasteiger partial charge on any atom is 0.391 e. The first kappa shape index (κ1) is 14.9. The van der Waals surface area contributed by atoms with Gasteiger partial charge in [-0.1, -0.05) is 11.6 Å². The highest BCUT2D eigenvalue weighted by Crippen LogP contribution is 2.36. The Morgan fingerprint density at radius 2 is 2.00 bits per heavy atom. The molecule has 0 aliphatic carbocycles. The smallest absolute Gasteiger partial charge is 0.391 e. The molecule has 4 nitrogen and oxygen atoms in total. The monoisotopic (exact) mass is 308 g/mol. The average molecular weight is 309 g/mol. The summed E-state index contributed by atoms with van der Waals surface area (Å²) in [5.41, 5.74) is -0.0519. The molecular weight excluding hydrogens is 297 g/mol. The Hall–Kier alpha value is -1.50. The van der Waals surface area contributed by atoms with E-state index in [0.29, 0.717) is 5.82 Å². The first-order valence-corrected chi connectivity index (χ1v) is 6.37. The Kier molecular flexibility index (Phi) is 4.08. The number of halogens is 4. The fourth-order valence-corrected chi connectivity index (χ4v) is 2.48. The summed E-state index contributed by atoms with van der Waals surface area (Å²) in [5, 5.41) is 8.93. The lowest BCUT2D eigenvalue weighted by Crippen LogP contribution is -2.39. The third-order valence-electron chi connectivity index (χ3n) is 3.33. The van der Waals surface area contributed by atoms with Gasteiger partial charge in [0.15, 0.2) is 0 Å². The van der Waals surface area contributed by atoms with E-state index in [-0.39, 0.29) is 36.5 Å². The van der Waals surface area contributed by atoms with Gasteiger partial charge in [-0.05, 0) is 18.9 Å². The third kappa shape index (κ3) is 3.15. The van der Waals surface area contributed by atoms with Gasteiger partial charge in [0.1, 0.15) is 5.82 Å². The highest BCUT2D eigenvalue weighted by molar-refractivity contribution is 6.33. The van der Waals surface area contributed by atoms with Crippen LogP contribution in [-0.2, 0) is 0 Å². The number of carbonyl (C=O) groups is 1. The largest absolute Gasteiger partial charge is 0.478 e. The van der Waals surface area contributed by atoms with Gasteiger partial charge in [-0.3, -0.25) is 0 Å². The van der Waals surface area contributed by atoms with Crippen molar-refractivity contribution < 1.29 is 23.1 Å². The van der Waals surface area contributed by atoms with Crippen molar-refractivity contribution in [1.29, 1.82) is 0 Å². The van der Waals surface area contributed by atoms with Crippen LogP contribution in [0.3, 0.4) is 0 Å². The second-order valence-corrected chi connectivity index (χ2v) is 5.04. The lowest BCUT2D eigenvalue weighted by atomic mass is 9.96. The normalized spacial score (nSPS) is 17.3. The molecule has 2 rings (SSSR count). The van der Waals surface area contributed by atoms with Crippen molar-refractivity contribution in [3.8, 4) is 0 Å². The minimum Gasteiger partial charge on any atom is -0.478 e. The Labute approximate surface area is 118 Å². The minimum atomic E-state index is -4.17. The fraction of sp³-hybridized carbons (Fsp3) is 0.500. The summed E-state index contributed by atoms with van der Waals surface area (Å²) in [5.74, 6) is -2.12. The molecule has 20 heavy (non-hydrogen) atoms. The van der Waals surface area contributed by atoms with Gasteiger partial charge in [-0.25, -0.2) is 9.78 Å².